The molecule has 0 bridgehead atoms. The highest BCUT2D eigenvalue weighted by molar-refractivity contribution is 9.10. The number of hydrogen-bond acceptors (Lipinski definition) is 2. The van der Waals surface area contributed by atoms with E-state index in [1.165, 1.54) is 5.56 Å². The van der Waals surface area contributed by atoms with E-state index in [-0.39, 0.29) is 12.1 Å². The third kappa shape index (κ3) is 3.03. The fourth-order valence-corrected chi connectivity index (χ4v) is 2.74. The van der Waals surface area contributed by atoms with Crippen molar-refractivity contribution in [2.45, 2.75) is 32.4 Å². The highest BCUT2D eigenvalue weighted by Gasteiger charge is 2.16. The molecule has 0 aliphatic rings. The topological polar surface area (TPSA) is 25.2 Å². The maximum absolute atomic E-state index is 5.48. The molecule has 1 heterocycles. The van der Waals surface area contributed by atoms with Crippen LogP contribution in [0.4, 0.5) is 0 Å². The number of rotatable bonds is 5. The average Bonchev–Trinajstić information content (AvgIpc) is 2.90. The first-order valence-electron chi connectivity index (χ1n) is 6.26. The molecule has 0 spiro atoms. The second-order valence-electron chi connectivity index (χ2n) is 4.39. The molecule has 0 saturated heterocycles. The average molecular weight is 308 g/mol. The van der Waals surface area contributed by atoms with Crippen molar-refractivity contribution in [2.24, 2.45) is 0 Å². The van der Waals surface area contributed by atoms with Gasteiger partial charge in [-0.2, -0.15) is 0 Å². The van der Waals surface area contributed by atoms with E-state index >= 15 is 0 Å². The van der Waals surface area contributed by atoms with Gasteiger partial charge in [0.2, 0.25) is 0 Å². The van der Waals surface area contributed by atoms with Gasteiger partial charge >= 0.3 is 0 Å². The lowest BCUT2D eigenvalue weighted by molar-refractivity contribution is 0.376. The van der Waals surface area contributed by atoms with E-state index in [4.69, 9.17) is 4.42 Å². The maximum atomic E-state index is 5.48. The van der Waals surface area contributed by atoms with Gasteiger partial charge in [-0.3, -0.25) is 0 Å². The number of hydrogen-bond donors (Lipinski definition) is 1. The molecule has 2 atom stereocenters. The normalized spacial score (nSPS) is 14.4. The molecule has 0 amide bonds. The first kappa shape index (κ1) is 13.4. The second-order valence-corrected chi connectivity index (χ2v) is 5.24. The SMILES string of the molecule is CCC(NC(C)c1ccccc1Br)c1ccco1. The van der Waals surface area contributed by atoms with Gasteiger partial charge < -0.3 is 9.73 Å². The van der Waals surface area contributed by atoms with Crippen LogP contribution in [0, 0.1) is 0 Å². The zero-order valence-corrected chi connectivity index (χ0v) is 12.3. The van der Waals surface area contributed by atoms with Crippen molar-refractivity contribution in [3.63, 3.8) is 0 Å². The summed E-state index contributed by atoms with van der Waals surface area (Å²) in [6.45, 7) is 4.33. The lowest BCUT2D eigenvalue weighted by Crippen LogP contribution is -2.24. The number of furan rings is 1. The minimum absolute atomic E-state index is 0.252. The molecule has 1 N–H and O–H groups in total. The van der Waals surface area contributed by atoms with Crippen LogP contribution in [0.2, 0.25) is 0 Å². The summed E-state index contributed by atoms with van der Waals surface area (Å²) < 4.78 is 6.62. The molecule has 3 heteroatoms. The largest absolute Gasteiger partial charge is 0.468 e. The zero-order valence-electron chi connectivity index (χ0n) is 10.7. The van der Waals surface area contributed by atoms with Crippen LogP contribution in [0.25, 0.3) is 0 Å². The molecule has 1 aromatic carbocycles. The van der Waals surface area contributed by atoms with Crippen LogP contribution in [-0.2, 0) is 0 Å². The highest BCUT2D eigenvalue weighted by atomic mass is 79.9. The smallest absolute Gasteiger partial charge is 0.120 e. The summed E-state index contributed by atoms with van der Waals surface area (Å²) in [5.41, 5.74) is 1.27. The number of nitrogens with one attached hydrogen (secondary N) is 1. The zero-order chi connectivity index (χ0) is 13.0. The summed E-state index contributed by atoms with van der Waals surface area (Å²) in [7, 11) is 0. The van der Waals surface area contributed by atoms with Crippen molar-refractivity contribution >= 4 is 15.9 Å². The van der Waals surface area contributed by atoms with Gasteiger partial charge in [0.25, 0.3) is 0 Å². The van der Waals surface area contributed by atoms with Crippen LogP contribution in [0.1, 0.15) is 43.7 Å². The molecule has 0 radical (unpaired) electrons. The summed E-state index contributed by atoms with van der Waals surface area (Å²) in [5.74, 6) is 0.997. The lowest BCUT2D eigenvalue weighted by atomic mass is 10.1. The van der Waals surface area contributed by atoms with E-state index in [1.54, 1.807) is 6.26 Å². The number of halogens is 1. The monoisotopic (exact) mass is 307 g/mol. The van der Waals surface area contributed by atoms with Crippen molar-refractivity contribution in [1.82, 2.24) is 5.32 Å². The van der Waals surface area contributed by atoms with E-state index in [2.05, 4.69) is 53.3 Å². The lowest BCUT2D eigenvalue weighted by Gasteiger charge is -2.21. The Morgan fingerprint density at radius 1 is 1.22 bits per heavy atom. The minimum Gasteiger partial charge on any atom is -0.468 e. The summed E-state index contributed by atoms with van der Waals surface area (Å²) in [6, 6.07) is 12.8. The molecule has 2 rings (SSSR count). The van der Waals surface area contributed by atoms with Gasteiger partial charge in [0.15, 0.2) is 0 Å². The van der Waals surface area contributed by atoms with Gasteiger partial charge in [-0.25, -0.2) is 0 Å². The van der Waals surface area contributed by atoms with Crippen molar-refractivity contribution < 1.29 is 4.42 Å². The Morgan fingerprint density at radius 2 is 2.00 bits per heavy atom. The van der Waals surface area contributed by atoms with E-state index in [1.807, 2.05) is 18.2 Å². The van der Waals surface area contributed by atoms with Crippen LogP contribution >= 0.6 is 15.9 Å². The third-order valence-corrected chi connectivity index (χ3v) is 3.84. The van der Waals surface area contributed by atoms with Crippen LogP contribution < -0.4 is 5.32 Å². The van der Waals surface area contributed by atoms with Crippen molar-refractivity contribution in [3.05, 3.63) is 58.5 Å². The van der Waals surface area contributed by atoms with E-state index in [0.717, 1.165) is 16.7 Å². The Labute approximate surface area is 117 Å². The molecule has 2 nitrogen and oxygen atoms in total. The summed E-state index contributed by atoms with van der Waals surface area (Å²) in [4.78, 5) is 0. The summed E-state index contributed by atoms with van der Waals surface area (Å²) >= 11 is 3.59. The Morgan fingerprint density at radius 3 is 2.61 bits per heavy atom. The number of benzene rings is 1. The predicted molar refractivity (Wildman–Crippen MR) is 77.4 cm³/mol. The van der Waals surface area contributed by atoms with Gasteiger partial charge in [-0.05, 0) is 37.1 Å². The molecule has 0 aliphatic carbocycles. The van der Waals surface area contributed by atoms with E-state index < -0.39 is 0 Å². The predicted octanol–water partition coefficient (Wildman–Crippen LogP) is 4.84. The van der Waals surface area contributed by atoms with Crippen LogP contribution in [-0.4, -0.2) is 0 Å². The maximum Gasteiger partial charge on any atom is 0.120 e. The van der Waals surface area contributed by atoms with Gasteiger partial charge in [0.05, 0.1) is 12.3 Å². The highest BCUT2D eigenvalue weighted by Crippen LogP contribution is 2.26. The molecular weight excluding hydrogens is 290 g/mol. The van der Waals surface area contributed by atoms with Crippen molar-refractivity contribution in [1.29, 1.82) is 0 Å². The minimum atomic E-state index is 0.252. The molecule has 18 heavy (non-hydrogen) atoms. The standard InChI is InChI=1S/C15H18BrNO/c1-3-14(15-9-6-10-18-15)17-11(2)12-7-4-5-8-13(12)16/h4-11,14,17H,3H2,1-2H3. The quantitative estimate of drug-likeness (QED) is 0.854. The Balaban J connectivity index is 2.11. The van der Waals surface area contributed by atoms with Gasteiger partial charge in [0, 0.05) is 10.5 Å². The van der Waals surface area contributed by atoms with Crippen LogP contribution in [0.5, 0.6) is 0 Å². The molecular formula is C15H18BrNO. The first-order chi connectivity index (χ1) is 8.72. The molecule has 0 aliphatic heterocycles. The molecule has 0 fully saturated rings. The fraction of sp³-hybridized carbons (Fsp3) is 0.333. The van der Waals surface area contributed by atoms with Gasteiger partial charge in [-0.1, -0.05) is 41.1 Å². The molecule has 2 unspecified atom stereocenters. The molecule has 0 saturated carbocycles. The fourth-order valence-electron chi connectivity index (χ4n) is 2.11. The molecule has 96 valence electrons. The van der Waals surface area contributed by atoms with E-state index in [0.29, 0.717) is 0 Å². The Kier molecular flexibility index (Phi) is 4.61. The second kappa shape index (κ2) is 6.21. The Bertz CT molecular complexity index is 481. The Hall–Kier alpha value is -1.06. The van der Waals surface area contributed by atoms with E-state index in [9.17, 15) is 0 Å². The third-order valence-electron chi connectivity index (χ3n) is 3.12. The first-order valence-corrected chi connectivity index (χ1v) is 7.05. The van der Waals surface area contributed by atoms with Crippen LogP contribution in [0.15, 0.2) is 51.6 Å². The van der Waals surface area contributed by atoms with Crippen molar-refractivity contribution in [2.75, 3.05) is 0 Å². The van der Waals surface area contributed by atoms with Crippen molar-refractivity contribution in [3.8, 4) is 0 Å². The summed E-state index contributed by atoms with van der Waals surface area (Å²) in [6.07, 6.45) is 2.73. The van der Waals surface area contributed by atoms with Gasteiger partial charge in [0.1, 0.15) is 5.76 Å². The summed E-state index contributed by atoms with van der Waals surface area (Å²) in [5, 5.41) is 3.60. The molecule has 2 aromatic rings. The molecule has 1 aromatic heterocycles. The van der Waals surface area contributed by atoms with Gasteiger partial charge in [-0.15, -0.1) is 0 Å². The van der Waals surface area contributed by atoms with Crippen LogP contribution in [0.3, 0.4) is 0 Å².